The minimum Gasteiger partial charge on any atom is -0.493 e. The molecule has 0 aromatic heterocycles. The smallest absolute Gasteiger partial charge is 0.131 e. The normalized spacial score (nSPS) is 10.2. The molecule has 0 aliphatic rings. The Hall–Kier alpha value is -1.81. The summed E-state index contributed by atoms with van der Waals surface area (Å²) >= 11 is 3.40. The van der Waals surface area contributed by atoms with E-state index < -0.39 is 0 Å². The highest BCUT2D eigenvalue weighted by atomic mass is 79.9. The number of halogens is 1. The standard InChI is InChI=1S/C16H17BrN2O/c17-13-8-9-14(16(18)19)15(11-13)20-10-4-7-12-5-2-1-3-6-12/h1-3,5-6,8-9,11H,4,7,10H2,(H3,18,19). The molecule has 0 unspecified atom stereocenters. The largest absolute Gasteiger partial charge is 0.493 e. The number of nitrogens with two attached hydrogens (primary N) is 1. The number of nitrogens with one attached hydrogen (secondary N) is 1. The van der Waals surface area contributed by atoms with Crippen molar-refractivity contribution in [1.29, 1.82) is 5.41 Å². The van der Waals surface area contributed by atoms with E-state index in [-0.39, 0.29) is 5.84 Å². The predicted molar refractivity (Wildman–Crippen MR) is 85.4 cm³/mol. The van der Waals surface area contributed by atoms with Crippen LogP contribution in [0.4, 0.5) is 0 Å². The fraction of sp³-hybridized carbons (Fsp3) is 0.188. The van der Waals surface area contributed by atoms with Gasteiger partial charge in [-0.15, -0.1) is 0 Å². The van der Waals surface area contributed by atoms with Crippen molar-refractivity contribution in [2.75, 3.05) is 6.61 Å². The molecule has 20 heavy (non-hydrogen) atoms. The van der Waals surface area contributed by atoms with Gasteiger partial charge in [0.2, 0.25) is 0 Å². The molecule has 3 nitrogen and oxygen atoms in total. The summed E-state index contributed by atoms with van der Waals surface area (Å²) < 4.78 is 6.67. The molecule has 104 valence electrons. The Bertz CT molecular complexity index is 584. The summed E-state index contributed by atoms with van der Waals surface area (Å²) in [6.45, 7) is 0.603. The maximum Gasteiger partial charge on any atom is 0.131 e. The second kappa shape index (κ2) is 7.10. The number of rotatable bonds is 6. The van der Waals surface area contributed by atoms with E-state index in [1.165, 1.54) is 5.56 Å². The van der Waals surface area contributed by atoms with Gasteiger partial charge in [-0.05, 0) is 36.6 Å². The third-order valence-corrected chi connectivity index (χ3v) is 3.44. The van der Waals surface area contributed by atoms with Crippen molar-refractivity contribution in [3.05, 3.63) is 64.1 Å². The zero-order chi connectivity index (χ0) is 14.4. The van der Waals surface area contributed by atoms with Crippen LogP contribution in [0, 0.1) is 5.41 Å². The summed E-state index contributed by atoms with van der Waals surface area (Å²) in [5.74, 6) is 0.676. The average molecular weight is 333 g/mol. The maximum atomic E-state index is 7.54. The first-order chi connectivity index (χ1) is 9.66. The van der Waals surface area contributed by atoms with Crippen molar-refractivity contribution in [3.63, 3.8) is 0 Å². The van der Waals surface area contributed by atoms with E-state index in [0.29, 0.717) is 17.9 Å². The van der Waals surface area contributed by atoms with Crippen molar-refractivity contribution in [2.24, 2.45) is 5.73 Å². The number of ether oxygens (including phenoxy) is 1. The van der Waals surface area contributed by atoms with Crippen molar-refractivity contribution in [1.82, 2.24) is 0 Å². The molecule has 2 rings (SSSR count). The van der Waals surface area contributed by atoms with Gasteiger partial charge < -0.3 is 10.5 Å². The molecule has 4 heteroatoms. The number of benzene rings is 2. The Morgan fingerprint density at radius 3 is 2.60 bits per heavy atom. The molecule has 3 N–H and O–H groups in total. The van der Waals surface area contributed by atoms with Crippen LogP contribution in [0.25, 0.3) is 0 Å². The third-order valence-electron chi connectivity index (χ3n) is 2.94. The Labute approximate surface area is 127 Å². The summed E-state index contributed by atoms with van der Waals surface area (Å²) in [6, 6.07) is 15.8. The second-order valence-electron chi connectivity index (χ2n) is 4.49. The fourth-order valence-electron chi connectivity index (χ4n) is 1.94. The van der Waals surface area contributed by atoms with E-state index in [1.807, 2.05) is 30.3 Å². The lowest BCUT2D eigenvalue weighted by Gasteiger charge is -2.11. The Balaban J connectivity index is 1.91. The molecule has 0 saturated heterocycles. The highest BCUT2D eigenvalue weighted by Crippen LogP contribution is 2.23. The van der Waals surface area contributed by atoms with Crippen molar-refractivity contribution in [3.8, 4) is 5.75 Å². The molecule has 2 aromatic carbocycles. The van der Waals surface area contributed by atoms with Gasteiger partial charge in [0.15, 0.2) is 0 Å². The van der Waals surface area contributed by atoms with Gasteiger partial charge in [0.1, 0.15) is 11.6 Å². The molecule has 0 saturated carbocycles. The summed E-state index contributed by atoms with van der Waals surface area (Å²) in [7, 11) is 0. The first-order valence-electron chi connectivity index (χ1n) is 6.47. The topological polar surface area (TPSA) is 59.1 Å². The Morgan fingerprint density at radius 1 is 1.15 bits per heavy atom. The van der Waals surface area contributed by atoms with E-state index in [1.54, 1.807) is 6.07 Å². The molecule has 0 spiro atoms. The van der Waals surface area contributed by atoms with Crippen molar-refractivity contribution in [2.45, 2.75) is 12.8 Å². The molecule has 0 bridgehead atoms. The fourth-order valence-corrected chi connectivity index (χ4v) is 2.28. The van der Waals surface area contributed by atoms with Crippen LogP contribution in [0.15, 0.2) is 53.0 Å². The minimum atomic E-state index is 0.0237. The first-order valence-corrected chi connectivity index (χ1v) is 7.27. The van der Waals surface area contributed by atoms with Gasteiger partial charge in [-0.3, -0.25) is 5.41 Å². The van der Waals surface area contributed by atoms with E-state index in [2.05, 4.69) is 28.1 Å². The number of nitrogen functional groups attached to an aromatic ring is 1. The zero-order valence-corrected chi connectivity index (χ0v) is 12.7. The van der Waals surface area contributed by atoms with Crippen LogP contribution < -0.4 is 10.5 Å². The number of hydrogen-bond donors (Lipinski definition) is 2. The van der Waals surface area contributed by atoms with E-state index in [4.69, 9.17) is 15.9 Å². The van der Waals surface area contributed by atoms with Gasteiger partial charge in [0.05, 0.1) is 12.2 Å². The van der Waals surface area contributed by atoms with Gasteiger partial charge in [0.25, 0.3) is 0 Å². The lowest BCUT2D eigenvalue weighted by Crippen LogP contribution is -2.13. The molecule has 0 aliphatic heterocycles. The lowest BCUT2D eigenvalue weighted by molar-refractivity contribution is 0.310. The van der Waals surface area contributed by atoms with Crippen LogP contribution in [0.5, 0.6) is 5.75 Å². The zero-order valence-electron chi connectivity index (χ0n) is 11.1. The van der Waals surface area contributed by atoms with Crippen LogP contribution in [-0.2, 0) is 6.42 Å². The van der Waals surface area contributed by atoms with Crippen LogP contribution in [-0.4, -0.2) is 12.4 Å². The summed E-state index contributed by atoms with van der Waals surface area (Å²) in [5, 5.41) is 7.54. The summed E-state index contributed by atoms with van der Waals surface area (Å²) in [5.41, 5.74) is 7.48. The molecule has 2 aromatic rings. The quantitative estimate of drug-likeness (QED) is 0.481. The molecule has 0 amide bonds. The third kappa shape index (κ3) is 4.10. The van der Waals surface area contributed by atoms with Crippen molar-refractivity contribution >= 4 is 21.8 Å². The van der Waals surface area contributed by atoms with Crippen LogP contribution in [0.1, 0.15) is 17.5 Å². The van der Waals surface area contributed by atoms with Gasteiger partial charge >= 0.3 is 0 Å². The Kier molecular flexibility index (Phi) is 5.18. The van der Waals surface area contributed by atoms with Gasteiger partial charge in [0, 0.05) is 4.47 Å². The predicted octanol–water partition coefficient (Wildman–Crippen LogP) is 3.74. The molecular weight excluding hydrogens is 316 g/mol. The Morgan fingerprint density at radius 2 is 1.90 bits per heavy atom. The van der Waals surface area contributed by atoms with Gasteiger partial charge in [-0.25, -0.2) is 0 Å². The highest BCUT2D eigenvalue weighted by Gasteiger charge is 2.07. The number of amidine groups is 1. The minimum absolute atomic E-state index is 0.0237. The first kappa shape index (κ1) is 14.6. The monoisotopic (exact) mass is 332 g/mol. The van der Waals surface area contributed by atoms with E-state index >= 15 is 0 Å². The summed E-state index contributed by atoms with van der Waals surface area (Å²) in [4.78, 5) is 0. The van der Waals surface area contributed by atoms with Gasteiger partial charge in [-0.2, -0.15) is 0 Å². The second-order valence-corrected chi connectivity index (χ2v) is 5.41. The van der Waals surface area contributed by atoms with E-state index in [0.717, 1.165) is 17.3 Å². The van der Waals surface area contributed by atoms with Crippen LogP contribution >= 0.6 is 15.9 Å². The van der Waals surface area contributed by atoms with Crippen molar-refractivity contribution < 1.29 is 4.74 Å². The molecule has 0 radical (unpaired) electrons. The highest BCUT2D eigenvalue weighted by molar-refractivity contribution is 9.10. The molecule has 0 atom stereocenters. The lowest BCUT2D eigenvalue weighted by atomic mass is 10.1. The number of hydrogen-bond acceptors (Lipinski definition) is 2. The maximum absolute atomic E-state index is 7.54. The number of aryl methyl sites for hydroxylation is 1. The average Bonchev–Trinajstić information content (AvgIpc) is 2.44. The SMILES string of the molecule is N=C(N)c1ccc(Br)cc1OCCCc1ccccc1. The van der Waals surface area contributed by atoms with Crippen LogP contribution in [0.2, 0.25) is 0 Å². The molecule has 0 heterocycles. The van der Waals surface area contributed by atoms with Crippen LogP contribution in [0.3, 0.4) is 0 Å². The molecule has 0 fully saturated rings. The molecular formula is C16H17BrN2O. The molecule has 0 aliphatic carbocycles. The van der Waals surface area contributed by atoms with Gasteiger partial charge in [-0.1, -0.05) is 46.3 Å². The van der Waals surface area contributed by atoms with E-state index in [9.17, 15) is 0 Å². The summed E-state index contributed by atoms with van der Waals surface area (Å²) in [6.07, 6.45) is 1.90.